The fraction of sp³-hybridized carbons (Fsp3) is 0.400. The SMILES string of the molecule is Cc1ccccc1OCCNc1cc(N2CC[NH+](C)CC2)ccc1[N+](=O)[O-]. The van der Waals surface area contributed by atoms with E-state index in [1.807, 2.05) is 43.3 Å². The first-order valence-electron chi connectivity index (χ1n) is 9.31. The Bertz CT molecular complexity index is 789. The Hall–Kier alpha value is -2.80. The zero-order valence-corrected chi connectivity index (χ0v) is 15.9. The molecule has 7 heteroatoms. The number of nitro groups is 1. The van der Waals surface area contributed by atoms with Crippen molar-refractivity contribution in [1.29, 1.82) is 0 Å². The Labute approximate surface area is 159 Å². The van der Waals surface area contributed by atoms with E-state index < -0.39 is 0 Å². The highest BCUT2D eigenvalue weighted by Gasteiger charge is 2.20. The molecule has 0 unspecified atom stereocenters. The minimum Gasteiger partial charge on any atom is -0.491 e. The van der Waals surface area contributed by atoms with Crippen LogP contribution in [0.4, 0.5) is 17.1 Å². The van der Waals surface area contributed by atoms with Crippen molar-refractivity contribution < 1.29 is 14.6 Å². The van der Waals surface area contributed by atoms with Gasteiger partial charge in [0.25, 0.3) is 5.69 Å². The molecule has 0 bridgehead atoms. The second-order valence-corrected chi connectivity index (χ2v) is 6.94. The summed E-state index contributed by atoms with van der Waals surface area (Å²) < 4.78 is 5.77. The maximum absolute atomic E-state index is 11.4. The Morgan fingerprint density at radius 1 is 1.22 bits per heavy atom. The first-order valence-corrected chi connectivity index (χ1v) is 9.31. The smallest absolute Gasteiger partial charge is 0.292 e. The van der Waals surface area contributed by atoms with Crippen LogP contribution < -0.4 is 19.9 Å². The van der Waals surface area contributed by atoms with Gasteiger partial charge in [-0.05, 0) is 30.7 Å². The molecule has 7 nitrogen and oxygen atoms in total. The standard InChI is InChI=1S/C20H26N4O3/c1-16-5-3-4-6-20(16)27-14-9-21-18-15-17(7-8-19(18)24(25)26)23-12-10-22(2)11-13-23/h3-8,15,21H,9-14H2,1-2H3/p+1. The van der Waals surface area contributed by atoms with Crippen LogP contribution in [0, 0.1) is 17.0 Å². The molecule has 2 aromatic carbocycles. The van der Waals surface area contributed by atoms with E-state index in [2.05, 4.69) is 17.3 Å². The third-order valence-electron chi connectivity index (χ3n) is 4.93. The molecular formula is C20H27N4O3+. The molecule has 1 aliphatic heterocycles. The minimum absolute atomic E-state index is 0.0920. The van der Waals surface area contributed by atoms with Gasteiger partial charge < -0.3 is 19.9 Å². The van der Waals surface area contributed by atoms with Gasteiger partial charge in [-0.1, -0.05) is 18.2 Å². The quantitative estimate of drug-likeness (QED) is 0.441. The van der Waals surface area contributed by atoms with E-state index in [1.165, 1.54) is 4.90 Å². The zero-order chi connectivity index (χ0) is 19.2. The number of piperazine rings is 1. The first-order chi connectivity index (χ1) is 13.0. The van der Waals surface area contributed by atoms with Gasteiger partial charge in [-0.25, -0.2) is 0 Å². The third-order valence-corrected chi connectivity index (χ3v) is 4.93. The van der Waals surface area contributed by atoms with Gasteiger partial charge in [0, 0.05) is 18.3 Å². The van der Waals surface area contributed by atoms with E-state index in [4.69, 9.17) is 4.74 Å². The maximum atomic E-state index is 11.4. The van der Waals surface area contributed by atoms with Crippen molar-refractivity contribution in [3.63, 3.8) is 0 Å². The Morgan fingerprint density at radius 2 is 1.96 bits per heavy atom. The number of benzene rings is 2. The van der Waals surface area contributed by atoms with Crippen LogP contribution in [0.1, 0.15) is 5.56 Å². The Morgan fingerprint density at radius 3 is 2.67 bits per heavy atom. The van der Waals surface area contributed by atoms with E-state index in [1.54, 1.807) is 6.07 Å². The lowest BCUT2D eigenvalue weighted by molar-refractivity contribution is -0.880. The van der Waals surface area contributed by atoms with Crippen LogP contribution in [0.3, 0.4) is 0 Å². The fourth-order valence-corrected chi connectivity index (χ4v) is 3.23. The lowest BCUT2D eigenvalue weighted by atomic mass is 10.2. The molecule has 3 rings (SSSR count). The molecule has 144 valence electrons. The highest BCUT2D eigenvalue weighted by Crippen LogP contribution is 2.29. The van der Waals surface area contributed by atoms with Gasteiger partial charge in [-0.2, -0.15) is 0 Å². The van der Waals surface area contributed by atoms with Gasteiger partial charge in [0.2, 0.25) is 0 Å². The van der Waals surface area contributed by atoms with Crippen LogP contribution in [-0.2, 0) is 0 Å². The van der Waals surface area contributed by atoms with Crippen LogP contribution in [0.25, 0.3) is 0 Å². The number of ether oxygens (including phenoxy) is 1. The van der Waals surface area contributed by atoms with Gasteiger partial charge in [-0.3, -0.25) is 10.1 Å². The topological polar surface area (TPSA) is 72.1 Å². The first kappa shape index (κ1) is 19.0. The number of para-hydroxylation sites is 1. The second-order valence-electron chi connectivity index (χ2n) is 6.94. The molecule has 0 atom stereocenters. The molecule has 0 amide bonds. The van der Waals surface area contributed by atoms with Gasteiger partial charge in [0.1, 0.15) is 18.0 Å². The summed E-state index contributed by atoms with van der Waals surface area (Å²) >= 11 is 0. The molecule has 1 fully saturated rings. The predicted molar refractivity (Wildman–Crippen MR) is 107 cm³/mol. The molecule has 0 saturated carbocycles. The number of anilines is 2. The molecule has 27 heavy (non-hydrogen) atoms. The molecule has 0 aliphatic carbocycles. The summed E-state index contributed by atoms with van der Waals surface area (Å²) in [5.74, 6) is 0.836. The molecule has 0 spiro atoms. The third kappa shape index (κ3) is 4.89. The van der Waals surface area contributed by atoms with Gasteiger partial charge >= 0.3 is 0 Å². The Balaban J connectivity index is 1.64. The molecule has 0 aromatic heterocycles. The van der Waals surface area contributed by atoms with Crippen LogP contribution in [0.2, 0.25) is 0 Å². The van der Waals surface area contributed by atoms with Crippen molar-refractivity contribution in [1.82, 2.24) is 0 Å². The lowest BCUT2D eigenvalue weighted by Gasteiger charge is -2.32. The maximum Gasteiger partial charge on any atom is 0.292 e. The number of quaternary nitrogens is 1. The molecule has 0 radical (unpaired) electrons. The number of nitrogens with zero attached hydrogens (tertiary/aromatic N) is 2. The van der Waals surface area contributed by atoms with Crippen molar-refractivity contribution in [2.24, 2.45) is 0 Å². The number of hydrogen-bond donors (Lipinski definition) is 2. The average Bonchev–Trinajstić information content (AvgIpc) is 2.67. The number of likely N-dealkylation sites (N-methyl/N-ethyl adjacent to an activating group) is 1. The number of aryl methyl sites for hydroxylation is 1. The molecule has 2 aromatic rings. The molecule has 2 N–H and O–H groups in total. The zero-order valence-electron chi connectivity index (χ0n) is 15.9. The molecule has 1 aliphatic rings. The molecule has 1 heterocycles. The van der Waals surface area contributed by atoms with Crippen molar-refractivity contribution in [3.05, 3.63) is 58.1 Å². The van der Waals surface area contributed by atoms with E-state index in [0.29, 0.717) is 18.8 Å². The summed E-state index contributed by atoms with van der Waals surface area (Å²) in [6.45, 7) is 6.98. The fourth-order valence-electron chi connectivity index (χ4n) is 3.23. The monoisotopic (exact) mass is 371 g/mol. The largest absolute Gasteiger partial charge is 0.491 e. The summed E-state index contributed by atoms with van der Waals surface area (Å²) in [6.07, 6.45) is 0. The van der Waals surface area contributed by atoms with Gasteiger partial charge in [0.15, 0.2) is 0 Å². The molecular weight excluding hydrogens is 344 g/mol. The summed E-state index contributed by atoms with van der Waals surface area (Å²) in [4.78, 5) is 14.8. The van der Waals surface area contributed by atoms with Crippen molar-refractivity contribution in [2.75, 3.05) is 56.6 Å². The predicted octanol–water partition coefficient (Wildman–Crippen LogP) is 1.73. The number of hydrogen-bond acceptors (Lipinski definition) is 5. The van der Waals surface area contributed by atoms with E-state index in [9.17, 15) is 10.1 Å². The number of nitro benzene ring substituents is 1. The number of rotatable bonds is 7. The average molecular weight is 371 g/mol. The summed E-state index contributed by atoms with van der Waals surface area (Å²) in [5.41, 5.74) is 2.73. The van der Waals surface area contributed by atoms with Crippen molar-refractivity contribution >= 4 is 17.1 Å². The summed E-state index contributed by atoms with van der Waals surface area (Å²) in [7, 11) is 2.19. The van der Waals surface area contributed by atoms with Crippen LogP contribution in [0.15, 0.2) is 42.5 Å². The van der Waals surface area contributed by atoms with Gasteiger partial charge in [-0.15, -0.1) is 0 Å². The van der Waals surface area contributed by atoms with E-state index >= 15 is 0 Å². The van der Waals surface area contributed by atoms with Crippen molar-refractivity contribution in [2.45, 2.75) is 6.92 Å². The highest BCUT2D eigenvalue weighted by molar-refractivity contribution is 5.69. The van der Waals surface area contributed by atoms with Crippen LogP contribution in [-0.4, -0.2) is 51.3 Å². The number of nitrogens with one attached hydrogen (secondary N) is 2. The summed E-state index contributed by atoms with van der Waals surface area (Å²) in [6, 6.07) is 13.1. The van der Waals surface area contributed by atoms with Crippen LogP contribution >= 0.6 is 0 Å². The summed E-state index contributed by atoms with van der Waals surface area (Å²) in [5, 5.41) is 14.5. The van der Waals surface area contributed by atoms with Gasteiger partial charge in [0.05, 0.1) is 38.2 Å². The van der Waals surface area contributed by atoms with Crippen molar-refractivity contribution in [3.8, 4) is 5.75 Å². The molecule has 1 saturated heterocycles. The lowest BCUT2D eigenvalue weighted by Crippen LogP contribution is -3.12. The van der Waals surface area contributed by atoms with Crippen LogP contribution in [0.5, 0.6) is 5.75 Å². The van der Waals surface area contributed by atoms with E-state index in [0.717, 1.165) is 43.2 Å². The highest BCUT2D eigenvalue weighted by atomic mass is 16.6. The normalized spacial score (nSPS) is 14.8. The minimum atomic E-state index is -0.345. The van der Waals surface area contributed by atoms with E-state index in [-0.39, 0.29) is 10.6 Å². The second kappa shape index (κ2) is 8.73. The Kier molecular flexibility index (Phi) is 6.13.